The summed E-state index contributed by atoms with van der Waals surface area (Å²) in [5.41, 5.74) is 0. The number of hydrogen-bond donors (Lipinski definition) is 2. The molecule has 1 aliphatic rings. The molecule has 106 valence electrons. The number of rotatable bonds is 5. The summed E-state index contributed by atoms with van der Waals surface area (Å²) >= 11 is 5.58. The van der Waals surface area contributed by atoms with E-state index in [9.17, 15) is 12.8 Å². The van der Waals surface area contributed by atoms with E-state index in [1.165, 1.54) is 18.2 Å². The van der Waals surface area contributed by atoms with E-state index in [4.69, 9.17) is 11.6 Å². The lowest BCUT2D eigenvalue weighted by atomic mass is 10.1. The van der Waals surface area contributed by atoms with Gasteiger partial charge in [-0.25, -0.2) is 17.5 Å². The molecule has 4 nitrogen and oxygen atoms in total. The number of benzene rings is 1. The van der Waals surface area contributed by atoms with E-state index in [1.807, 2.05) is 0 Å². The highest BCUT2D eigenvalue weighted by molar-refractivity contribution is 7.89. The first-order valence-electron chi connectivity index (χ1n) is 6.15. The Morgan fingerprint density at radius 1 is 1.47 bits per heavy atom. The van der Waals surface area contributed by atoms with Gasteiger partial charge in [0.25, 0.3) is 0 Å². The van der Waals surface area contributed by atoms with E-state index in [0.29, 0.717) is 12.5 Å². The molecule has 19 heavy (non-hydrogen) atoms. The molecule has 1 fully saturated rings. The minimum Gasteiger partial charge on any atom is -0.316 e. The Labute approximate surface area is 117 Å². The topological polar surface area (TPSA) is 58.2 Å². The second kappa shape index (κ2) is 6.17. The third kappa shape index (κ3) is 3.66. The van der Waals surface area contributed by atoms with E-state index in [0.717, 1.165) is 25.9 Å². The molecule has 2 rings (SSSR count). The predicted molar refractivity (Wildman–Crippen MR) is 72.2 cm³/mol. The van der Waals surface area contributed by atoms with Gasteiger partial charge in [-0.3, -0.25) is 0 Å². The first kappa shape index (κ1) is 14.7. The summed E-state index contributed by atoms with van der Waals surface area (Å²) in [4.78, 5) is -0.399. The summed E-state index contributed by atoms with van der Waals surface area (Å²) in [5.74, 6) is -0.425. The molecule has 1 aliphatic heterocycles. The number of hydrogen-bond acceptors (Lipinski definition) is 3. The summed E-state index contributed by atoms with van der Waals surface area (Å²) in [7, 11) is -3.84. The van der Waals surface area contributed by atoms with E-state index >= 15 is 0 Å². The molecule has 2 N–H and O–H groups in total. The van der Waals surface area contributed by atoms with Gasteiger partial charge >= 0.3 is 0 Å². The summed E-state index contributed by atoms with van der Waals surface area (Å²) in [6, 6.07) is 3.95. The fourth-order valence-corrected chi connectivity index (χ4v) is 3.50. The Balaban J connectivity index is 1.99. The van der Waals surface area contributed by atoms with Gasteiger partial charge in [-0.05, 0) is 44.0 Å². The summed E-state index contributed by atoms with van der Waals surface area (Å²) < 4.78 is 40.0. The van der Waals surface area contributed by atoms with Crippen LogP contribution < -0.4 is 10.0 Å². The molecule has 1 heterocycles. The molecule has 0 aromatic heterocycles. The average Bonchev–Trinajstić information content (AvgIpc) is 2.85. The molecule has 0 spiro atoms. The van der Waals surface area contributed by atoms with Crippen molar-refractivity contribution in [3.8, 4) is 0 Å². The van der Waals surface area contributed by atoms with Gasteiger partial charge in [-0.15, -0.1) is 0 Å². The molecule has 1 aromatic carbocycles. The summed E-state index contributed by atoms with van der Waals surface area (Å²) in [6.45, 7) is 2.19. The highest BCUT2D eigenvalue weighted by atomic mass is 35.5. The first-order valence-corrected chi connectivity index (χ1v) is 8.01. The molecule has 0 saturated carbocycles. The van der Waals surface area contributed by atoms with Crippen LogP contribution in [0.25, 0.3) is 0 Å². The molecule has 0 bridgehead atoms. The predicted octanol–water partition coefficient (Wildman–Crippen LogP) is 1.76. The number of halogens is 2. The minimum atomic E-state index is -3.84. The van der Waals surface area contributed by atoms with Crippen LogP contribution >= 0.6 is 11.6 Å². The quantitative estimate of drug-likeness (QED) is 0.871. The van der Waals surface area contributed by atoms with Crippen LogP contribution in [0.1, 0.15) is 12.8 Å². The van der Waals surface area contributed by atoms with Gasteiger partial charge in [-0.1, -0.05) is 17.7 Å². The number of sulfonamides is 1. The highest BCUT2D eigenvalue weighted by Crippen LogP contribution is 2.21. The largest absolute Gasteiger partial charge is 0.316 e. The average molecular weight is 307 g/mol. The van der Waals surface area contributed by atoms with Gasteiger partial charge in [-0.2, -0.15) is 0 Å². The first-order chi connectivity index (χ1) is 9.00. The zero-order valence-electron chi connectivity index (χ0n) is 10.3. The molecule has 7 heteroatoms. The fraction of sp³-hybridized carbons (Fsp3) is 0.500. The summed E-state index contributed by atoms with van der Waals surface area (Å²) in [6.07, 6.45) is 1.79. The van der Waals surface area contributed by atoms with Crippen molar-refractivity contribution in [2.45, 2.75) is 17.7 Å². The SMILES string of the molecule is O=S(=O)(NCCC1CCNC1)c1cccc(Cl)c1F. The Hall–Kier alpha value is -0.690. The van der Waals surface area contributed by atoms with Crippen molar-refractivity contribution in [2.24, 2.45) is 5.92 Å². The lowest BCUT2D eigenvalue weighted by Gasteiger charge is -2.10. The summed E-state index contributed by atoms with van der Waals surface area (Å²) in [5, 5.41) is 3.02. The van der Waals surface area contributed by atoms with Crippen LogP contribution in [0.3, 0.4) is 0 Å². The Bertz CT molecular complexity index is 545. The third-order valence-corrected chi connectivity index (χ3v) is 4.98. The zero-order valence-corrected chi connectivity index (χ0v) is 11.9. The van der Waals surface area contributed by atoms with E-state index in [2.05, 4.69) is 10.0 Å². The van der Waals surface area contributed by atoms with Gasteiger partial charge in [0.15, 0.2) is 5.82 Å². The third-order valence-electron chi connectivity index (χ3n) is 3.21. The Morgan fingerprint density at radius 3 is 2.95 bits per heavy atom. The van der Waals surface area contributed by atoms with Gasteiger partial charge in [0.1, 0.15) is 4.90 Å². The maximum absolute atomic E-state index is 13.7. The van der Waals surface area contributed by atoms with Crippen molar-refractivity contribution in [1.82, 2.24) is 10.0 Å². The standard InChI is InChI=1S/C12H16ClFN2O2S/c13-10-2-1-3-11(12(10)14)19(17,18)16-7-5-9-4-6-15-8-9/h1-3,9,15-16H,4-8H2. The van der Waals surface area contributed by atoms with Crippen molar-refractivity contribution in [3.05, 3.63) is 29.0 Å². The molecule has 1 saturated heterocycles. The van der Waals surface area contributed by atoms with Crippen molar-refractivity contribution in [2.75, 3.05) is 19.6 Å². The number of nitrogens with one attached hydrogen (secondary N) is 2. The van der Waals surface area contributed by atoms with Gasteiger partial charge in [0.2, 0.25) is 10.0 Å². The van der Waals surface area contributed by atoms with Gasteiger partial charge in [0, 0.05) is 6.54 Å². The smallest absolute Gasteiger partial charge is 0.243 e. The van der Waals surface area contributed by atoms with Crippen LogP contribution in [0.5, 0.6) is 0 Å². The molecule has 1 unspecified atom stereocenters. The second-order valence-electron chi connectivity index (χ2n) is 4.60. The van der Waals surface area contributed by atoms with Crippen LogP contribution in [0.2, 0.25) is 5.02 Å². The van der Waals surface area contributed by atoms with E-state index in [1.54, 1.807) is 0 Å². The van der Waals surface area contributed by atoms with Crippen molar-refractivity contribution < 1.29 is 12.8 Å². The van der Waals surface area contributed by atoms with Crippen LogP contribution in [0.15, 0.2) is 23.1 Å². The normalized spacial score (nSPS) is 19.8. The highest BCUT2D eigenvalue weighted by Gasteiger charge is 2.21. The molecule has 0 amide bonds. The van der Waals surface area contributed by atoms with Crippen molar-refractivity contribution >= 4 is 21.6 Å². The maximum atomic E-state index is 13.7. The molecule has 1 aromatic rings. The molecular formula is C12H16ClFN2O2S. The van der Waals surface area contributed by atoms with Crippen LogP contribution in [-0.2, 0) is 10.0 Å². The van der Waals surface area contributed by atoms with Crippen LogP contribution in [0.4, 0.5) is 4.39 Å². The van der Waals surface area contributed by atoms with E-state index in [-0.39, 0.29) is 5.02 Å². The Kier molecular flexibility index (Phi) is 4.78. The zero-order chi connectivity index (χ0) is 13.9. The van der Waals surface area contributed by atoms with Gasteiger partial charge in [0.05, 0.1) is 5.02 Å². The molecular weight excluding hydrogens is 291 g/mol. The van der Waals surface area contributed by atoms with Crippen LogP contribution in [0, 0.1) is 11.7 Å². The monoisotopic (exact) mass is 306 g/mol. The molecule has 0 radical (unpaired) electrons. The fourth-order valence-electron chi connectivity index (χ4n) is 2.13. The van der Waals surface area contributed by atoms with Crippen molar-refractivity contribution in [1.29, 1.82) is 0 Å². The van der Waals surface area contributed by atoms with Crippen LogP contribution in [-0.4, -0.2) is 28.1 Å². The van der Waals surface area contributed by atoms with Gasteiger partial charge < -0.3 is 5.32 Å². The lowest BCUT2D eigenvalue weighted by Crippen LogP contribution is -2.27. The lowest BCUT2D eigenvalue weighted by molar-refractivity contribution is 0.515. The Morgan fingerprint density at radius 2 is 2.26 bits per heavy atom. The second-order valence-corrected chi connectivity index (χ2v) is 6.74. The van der Waals surface area contributed by atoms with Crippen molar-refractivity contribution in [3.63, 3.8) is 0 Å². The molecule has 0 aliphatic carbocycles. The molecule has 1 atom stereocenters. The minimum absolute atomic E-state index is 0.192. The van der Waals surface area contributed by atoms with E-state index < -0.39 is 20.7 Å². The maximum Gasteiger partial charge on any atom is 0.243 e.